The Labute approximate surface area is 148 Å². The van der Waals surface area contributed by atoms with Crippen LogP contribution in [0.4, 0.5) is 0 Å². The average molecular weight is 342 g/mol. The summed E-state index contributed by atoms with van der Waals surface area (Å²) in [5, 5.41) is 7.37. The topological polar surface area (TPSA) is 59.4 Å². The SMILES string of the molecule is COc1ccc(C(NC(=O)CN(C)Cc2cnn(C)c2)C2CC2)cc1. The lowest BCUT2D eigenvalue weighted by Crippen LogP contribution is -2.37. The molecule has 25 heavy (non-hydrogen) atoms. The molecule has 0 saturated heterocycles. The molecule has 3 rings (SSSR count). The number of ether oxygens (including phenoxy) is 1. The third kappa shape index (κ3) is 4.82. The van der Waals surface area contributed by atoms with Crippen LogP contribution in [0.5, 0.6) is 5.75 Å². The van der Waals surface area contributed by atoms with Gasteiger partial charge >= 0.3 is 0 Å². The van der Waals surface area contributed by atoms with Gasteiger partial charge in [-0.1, -0.05) is 12.1 Å². The Hall–Kier alpha value is -2.34. The fourth-order valence-electron chi connectivity index (χ4n) is 3.10. The van der Waals surface area contributed by atoms with Gasteiger partial charge in [-0.25, -0.2) is 0 Å². The predicted octanol–water partition coefficient (Wildman–Crippen LogP) is 2.13. The van der Waals surface area contributed by atoms with Crippen molar-refractivity contribution in [1.82, 2.24) is 20.0 Å². The number of aryl methyl sites for hydroxylation is 1. The van der Waals surface area contributed by atoms with Crippen molar-refractivity contribution in [3.8, 4) is 5.75 Å². The number of aromatic nitrogens is 2. The molecule has 2 aromatic rings. The van der Waals surface area contributed by atoms with Crippen LogP contribution in [-0.2, 0) is 18.4 Å². The number of carbonyl (C=O) groups is 1. The molecule has 1 aliphatic rings. The fraction of sp³-hybridized carbons (Fsp3) is 0.474. The molecule has 1 saturated carbocycles. The van der Waals surface area contributed by atoms with Crippen molar-refractivity contribution in [2.45, 2.75) is 25.4 Å². The number of benzene rings is 1. The quantitative estimate of drug-likeness (QED) is 0.798. The second kappa shape index (κ2) is 7.70. The lowest BCUT2D eigenvalue weighted by molar-refractivity contribution is -0.123. The van der Waals surface area contributed by atoms with Crippen molar-refractivity contribution in [3.05, 3.63) is 47.8 Å². The highest BCUT2D eigenvalue weighted by Gasteiger charge is 2.33. The lowest BCUT2D eigenvalue weighted by Gasteiger charge is -2.21. The normalized spacial score (nSPS) is 15.2. The number of likely N-dealkylation sites (N-methyl/N-ethyl adjacent to an activating group) is 1. The van der Waals surface area contributed by atoms with Crippen LogP contribution in [0.3, 0.4) is 0 Å². The van der Waals surface area contributed by atoms with E-state index in [1.165, 1.54) is 12.8 Å². The number of hydrogen-bond donors (Lipinski definition) is 1. The van der Waals surface area contributed by atoms with Gasteiger partial charge in [0.15, 0.2) is 0 Å². The summed E-state index contributed by atoms with van der Waals surface area (Å²) in [5.41, 5.74) is 2.25. The maximum absolute atomic E-state index is 12.5. The smallest absolute Gasteiger partial charge is 0.234 e. The van der Waals surface area contributed by atoms with Crippen LogP contribution >= 0.6 is 0 Å². The highest BCUT2D eigenvalue weighted by Crippen LogP contribution is 2.41. The minimum Gasteiger partial charge on any atom is -0.497 e. The minimum absolute atomic E-state index is 0.0547. The number of nitrogens with one attached hydrogen (secondary N) is 1. The summed E-state index contributed by atoms with van der Waals surface area (Å²) in [5.74, 6) is 1.43. The molecule has 0 aliphatic heterocycles. The molecule has 6 nitrogen and oxygen atoms in total. The summed E-state index contributed by atoms with van der Waals surface area (Å²) in [7, 11) is 5.50. The maximum atomic E-state index is 12.5. The molecule has 1 heterocycles. The molecule has 134 valence electrons. The number of methoxy groups -OCH3 is 1. The van der Waals surface area contributed by atoms with Gasteiger partial charge in [0.1, 0.15) is 5.75 Å². The molecule has 1 N–H and O–H groups in total. The predicted molar refractivity (Wildman–Crippen MR) is 96.1 cm³/mol. The number of nitrogens with zero attached hydrogens (tertiary/aromatic N) is 3. The zero-order valence-corrected chi connectivity index (χ0v) is 15.1. The van der Waals surface area contributed by atoms with E-state index in [9.17, 15) is 4.79 Å². The molecule has 1 fully saturated rings. The van der Waals surface area contributed by atoms with Gasteiger partial charge < -0.3 is 10.1 Å². The van der Waals surface area contributed by atoms with Crippen LogP contribution in [0.25, 0.3) is 0 Å². The lowest BCUT2D eigenvalue weighted by atomic mass is 10.0. The first-order valence-corrected chi connectivity index (χ1v) is 8.64. The van der Waals surface area contributed by atoms with Gasteiger partial charge in [-0.3, -0.25) is 14.4 Å². The molecule has 1 aromatic carbocycles. The molecule has 1 aromatic heterocycles. The second-order valence-electron chi connectivity index (χ2n) is 6.85. The zero-order valence-electron chi connectivity index (χ0n) is 15.1. The van der Waals surface area contributed by atoms with Gasteiger partial charge in [0.2, 0.25) is 5.91 Å². The zero-order chi connectivity index (χ0) is 17.8. The number of rotatable bonds is 8. The second-order valence-corrected chi connectivity index (χ2v) is 6.85. The molecular weight excluding hydrogens is 316 g/mol. The van der Waals surface area contributed by atoms with Crippen molar-refractivity contribution in [1.29, 1.82) is 0 Å². The summed E-state index contributed by atoms with van der Waals surface area (Å²) in [6, 6.07) is 8.07. The molecule has 1 unspecified atom stereocenters. The van der Waals surface area contributed by atoms with Crippen LogP contribution in [0.2, 0.25) is 0 Å². The fourth-order valence-corrected chi connectivity index (χ4v) is 3.10. The monoisotopic (exact) mass is 342 g/mol. The number of amides is 1. The van der Waals surface area contributed by atoms with E-state index in [1.54, 1.807) is 11.8 Å². The Morgan fingerprint density at radius 1 is 1.40 bits per heavy atom. The standard InChI is InChI=1S/C19H26N4O2/c1-22(11-14-10-20-23(2)12-14)13-18(24)21-19(15-4-5-15)16-6-8-17(25-3)9-7-16/h6-10,12,15,19H,4-5,11,13H2,1-3H3,(H,21,24). The van der Waals surface area contributed by atoms with Crippen LogP contribution in [0.1, 0.15) is 30.0 Å². The average Bonchev–Trinajstić information content (AvgIpc) is 3.35. The van der Waals surface area contributed by atoms with Crippen molar-refractivity contribution in [2.24, 2.45) is 13.0 Å². The van der Waals surface area contributed by atoms with Gasteiger partial charge in [-0.15, -0.1) is 0 Å². The minimum atomic E-state index is 0.0547. The third-order valence-electron chi connectivity index (χ3n) is 4.51. The van der Waals surface area contributed by atoms with Gasteiger partial charge in [-0.05, 0) is 43.5 Å². The summed E-state index contributed by atoms with van der Waals surface area (Å²) in [4.78, 5) is 14.5. The van der Waals surface area contributed by atoms with E-state index in [0.717, 1.165) is 16.9 Å². The number of hydrogen-bond acceptors (Lipinski definition) is 4. The van der Waals surface area contributed by atoms with Crippen LogP contribution in [0.15, 0.2) is 36.7 Å². The van der Waals surface area contributed by atoms with E-state index in [-0.39, 0.29) is 11.9 Å². The summed E-state index contributed by atoms with van der Waals surface area (Å²) >= 11 is 0. The van der Waals surface area contributed by atoms with Crippen LogP contribution < -0.4 is 10.1 Å². The van der Waals surface area contributed by atoms with Gasteiger partial charge in [-0.2, -0.15) is 5.10 Å². The Kier molecular flexibility index (Phi) is 5.38. The van der Waals surface area contributed by atoms with Crippen LogP contribution in [0, 0.1) is 5.92 Å². The summed E-state index contributed by atoms with van der Waals surface area (Å²) < 4.78 is 6.99. The third-order valence-corrected chi connectivity index (χ3v) is 4.51. The first kappa shape index (κ1) is 17.5. The van der Waals surface area contributed by atoms with Crippen molar-refractivity contribution >= 4 is 5.91 Å². The van der Waals surface area contributed by atoms with Crippen molar-refractivity contribution in [2.75, 3.05) is 20.7 Å². The highest BCUT2D eigenvalue weighted by molar-refractivity contribution is 5.78. The molecule has 0 radical (unpaired) electrons. The Morgan fingerprint density at radius 3 is 2.68 bits per heavy atom. The Balaban J connectivity index is 1.57. The Morgan fingerprint density at radius 2 is 2.12 bits per heavy atom. The van der Waals surface area contributed by atoms with Crippen molar-refractivity contribution < 1.29 is 9.53 Å². The first-order valence-electron chi connectivity index (χ1n) is 8.64. The van der Waals surface area contributed by atoms with Crippen molar-refractivity contribution in [3.63, 3.8) is 0 Å². The van der Waals surface area contributed by atoms with E-state index in [1.807, 2.05) is 55.7 Å². The molecule has 0 spiro atoms. The Bertz CT molecular complexity index is 706. The van der Waals surface area contributed by atoms with E-state index in [4.69, 9.17) is 4.74 Å². The first-order chi connectivity index (χ1) is 12.0. The largest absolute Gasteiger partial charge is 0.497 e. The van der Waals surface area contributed by atoms with Gasteiger partial charge in [0.05, 0.1) is 25.9 Å². The molecule has 6 heteroatoms. The molecule has 1 amide bonds. The molecular formula is C19H26N4O2. The number of carbonyl (C=O) groups excluding carboxylic acids is 1. The van der Waals surface area contributed by atoms with Crippen LogP contribution in [-0.4, -0.2) is 41.3 Å². The van der Waals surface area contributed by atoms with Gasteiger partial charge in [0, 0.05) is 25.4 Å². The van der Waals surface area contributed by atoms with E-state index >= 15 is 0 Å². The molecule has 1 atom stereocenters. The van der Waals surface area contributed by atoms with E-state index in [2.05, 4.69) is 10.4 Å². The molecule has 0 bridgehead atoms. The van der Waals surface area contributed by atoms with E-state index in [0.29, 0.717) is 19.0 Å². The maximum Gasteiger partial charge on any atom is 0.234 e. The summed E-state index contributed by atoms with van der Waals surface area (Å²) in [6.07, 6.45) is 6.14. The highest BCUT2D eigenvalue weighted by atomic mass is 16.5. The summed E-state index contributed by atoms with van der Waals surface area (Å²) in [6.45, 7) is 1.08. The van der Waals surface area contributed by atoms with E-state index < -0.39 is 0 Å². The molecule has 1 aliphatic carbocycles. The van der Waals surface area contributed by atoms with Gasteiger partial charge in [0.25, 0.3) is 0 Å².